The first-order chi connectivity index (χ1) is 11.1. The number of imidazole rings is 1. The number of hydrogen-bond donors (Lipinski definition) is 1. The molecule has 0 bridgehead atoms. The van der Waals surface area contributed by atoms with Gasteiger partial charge in [0.15, 0.2) is 0 Å². The van der Waals surface area contributed by atoms with E-state index in [2.05, 4.69) is 10.3 Å². The van der Waals surface area contributed by atoms with Gasteiger partial charge in [-0.15, -0.1) is 0 Å². The van der Waals surface area contributed by atoms with Gasteiger partial charge in [-0.25, -0.2) is 0 Å². The van der Waals surface area contributed by atoms with Crippen LogP contribution in [0.1, 0.15) is 6.92 Å². The number of nitrogens with zero attached hydrogens (tertiary/aromatic N) is 5. The van der Waals surface area contributed by atoms with E-state index in [9.17, 15) is 14.9 Å². The molecule has 0 radical (unpaired) electrons. The number of likely N-dealkylation sites (N-methyl/N-ethyl adjacent to an activating group) is 1. The molecule has 1 N–H and O–H groups in total. The monoisotopic (exact) mass is 338 g/mol. The van der Waals surface area contributed by atoms with Gasteiger partial charge in [0.25, 0.3) is 4.96 Å². The Morgan fingerprint density at radius 2 is 2.17 bits per heavy atom. The molecule has 0 aliphatic carbocycles. The molecule has 1 amide bonds. The van der Waals surface area contributed by atoms with Gasteiger partial charge < -0.3 is 20.3 Å². The highest BCUT2D eigenvalue weighted by Gasteiger charge is 2.30. The summed E-state index contributed by atoms with van der Waals surface area (Å²) in [6, 6.07) is 0. The molecule has 0 atom stereocenters. The van der Waals surface area contributed by atoms with Gasteiger partial charge in [-0.1, -0.05) is 11.3 Å². The van der Waals surface area contributed by atoms with Gasteiger partial charge in [-0.2, -0.15) is 9.38 Å². The fraction of sp³-hybridized carbons (Fsp3) is 0.538. The van der Waals surface area contributed by atoms with Crippen LogP contribution in [0, 0.1) is 10.1 Å². The number of thiazole rings is 1. The molecule has 1 fully saturated rings. The number of piperazine rings is 1. The summed E-state index contributed by atoms with van der Waals surface area (Å²) in [5.41, 5.74) is 0. The maximum Gasteiger partial charge on any atom is 0.373 e. The van der Waals surface area contributed by atoms with Crippen molar-refractivity contribution in [2.24, 2.45) is 0 Å². The third-order valence-corrected chi connectivity index (χ3v) is 4.56. The van der Waals surface area contributed by atoms with E-state index in [1.54, 1.807) is 11.6 Å². The van der Waals surface area contributed by atoms with Crippen molar-refractivity contribution in [2.75, 3.05) is 44.2 Å². The zero-order chi connectivity index (χ0) is 16.4. The fourth-order valence-electron chi connectivity index (χ4n) is 2.72. The molecule has 0 saturated carbocycles. The number of hydrogen-bond acceptors (Lipinski definition) is 7. The highest BCUT2D eigenvalue weighted by molar-refractivity contribution is 7.15. The second-order valence-electron chi connectivity index (χ2n) is 5.29. The minimum atomic E-state index is -0.386. The molecule has 0 unspecified atom stereocenters. The summed E-state index contributed by atoms with van der Waals surface area (Å²) in [7, 11) is 0. The number of anilines is 1. The van der Waals surface area contributed by atoms with Crippen molar-refractivity contribution in [3.63, 3.8) is 0 Å². The van der Waals surface area contributed by atoms with Crippen molar-refractivity contribution in [1.29, 1.82) is 0 Å². The maximum absolute atomic E-state index is 11.6. The van der Waals surface area contributed by atoms with Gasteiger partial charge in [-0.05, 0) is 11.8 Å². The van der Waals surface area contributed by atoms with Crippen LogP contribution in [0.3, 0.4) is 0 Å². The second kappa shape index (κ2) is 6.50. The van der Waals surface area contributed by atoms with Crippen LogP contribution in [0.25, 0.3) is 4.96 Å². The lowest BCUT2D eigenvalue weighted by molar-refractivity contribution is -0.389. The average molecular weight is 338 g/mol. The van der Waals surface area contributed by atoms with E-state index in [4.69, 9.17) is 0 Å². The molecular weight excluding hydrogens is 320 g/mol. The summed E-state index contributed by atoms with van der Waals surface area (Å²) >= 11 is 1.38. The highest BCUT2D eigenvalue weighted by atomic mass is 32.1. The molecule has 23 heavy (non-hydrogen) atoms. The molecule has 3 heterocycles. The van der Waals surface area contributed by atoms with Crippen molar-refractivity contribution in [1.82, 2.24) is 19.6 Å². The molecule has 2 aromatic heterocycles. The molecule has 124 valence electrons. The molecule has 3 rings (SSSR count). The SMILES string of the molecule is CCNC(=O)CN1CCN(c2nc3sccn3c2[N+](=O)[O-])CC1. The third-order valence-electron chi connectivity index (χ3n) is 3.81. The standard InChI is InChI=1S/C13H18N6O3S/c1-2-14-10(20)9-16-3-5-17(6-4-16)11-12(19(21)22)18-7-8-23-13(18)15-11/h7-8H,2-6,9H2,1H3,(H,14,20). The lowest BCUT2D eigenvalue weighted by Crippen LogP contribution is -2.49. The Kier molecular flexibility index (Phi) is 4.44. The van der Waals surface area contributed by atoms with E-state index >= 15 is 0 Å². The van der Waals surface area contributed by atoms with E-state index in [0.29, 0.717) is 50.0 Å². The molecule has 0 aromatic carbocycles. The quantitative estimate of drug-likeness (QED) is 0.632. The van der Waals surface area contributed by atoms with E-state index in [0.717, 1.165) is 0 Å². The van der Waals surface area contributed by atoms with Crippen LogP contribution in [-0.4, -0.2) is 64.4 Å². The van der Waals surface area contributed by atoms with Crippen molar-refractivity contribution < 1.29 is 9.72 Å². The van der Waals surface area contributed by atoms with Crippen LogP contribution in [0.4, 0.5) is 11.6 Å². The third kappa shape index (κ3) is 3.13. The fourth-order valence-corrected chi connectivity index (χ4v) is 3.42. The number of nitrogens with one attached hydrogen (secondary N) is 1. The number of aromatic nitrogens is 2. The van der Waals surface area contributed by atoms with Crippen LogP contribution in [0.2, 0.25) is 0 Å². The molecule has 1 aliphatic heterocycles. The highest BCUT2D eigenvalue weighted by Crippen LogP contribution is 2.31. The number of nitro groups is 1. The Morgan fingerprint density at radius 3 is 2.83 bits per heavy atom. The van der Waals surface area contributed by atoms with Gasteiger partial charge in [0.2, 0.25) is 11.7 Å². The second-order valence-corrected chi connectivity index (χ2v) is 6.16. The summed E-state index contributed by atoms with van der Waals surface area (Å²) < 4.78 is 1.51. The number of rotatable bonds is 5. The predicted octanol–water partition coefficient (Wildman–Crippen LogP) is 0.562. The van der Waals surface area contributed by atoms with Gasteiger partial charge in [0.1, 0.15) is 6.20 Å². The minimum Gasteiger partial charge on any atom is -0.358 e. The van der Waals surface area contributed by atoms with Crippen molar-refractivity contribution in [3.05, 3.63) is 21.7 Å². The summed E-state index contributed by atoms with van der Waals surface area (Å²) in [5, 5.41) is 15.9. The van der Waals surface area contributed by atoms with E-state index in [1.165, 1.54) is 15.7 Å². The van der Waals surface area contributed by atoms with Crippen LogP contribution in [-0.2, 0) is 4.79 Å². The van der Waals surface area contributed by atoms with Crippen molar-refractivity contribution in [3.8, 4) is 0 Å². The lowest BCUT2D eigenvalue weighted by Gasteiger charge is -2.33. The molecular formula is C13H18N6O3S. The predicted molar refractivity (Wildman–Crippen MR) is 87.1 cm³/mol. The Balaban J connectivity index is 1.70. The number of carbonyl (C=O) groups excluding carboxylic acids is 1. The first kappa shape index (κ1) is 15.7. The normalized spacial score (nSPS) is 16.0. The van der Waals surface area contributed by atoms with Gasteiger partial charge >= 0.3 is 5.82 Å². The van der Waals surface area contributed by atoms with Crippen LogP contribution >= 0.6 is 11.3 Å². The molecule has 1 aliphatic rings. The Bertz CT molecular complexity index is 718. The molecule has 9 nitrogen and oxygen atoms in total. The van der Waals surface area contributed by atoms with Crippen LogP contribution < -0.4 is 10.2 Å². The van der Waals surface area contributed by atoms with Crippen molar-refractivity contribution in [2.45, 2.75) is 6.92 Å². The van der Waals surface area contributed by atoms with Gasteiger partial charge in [-0.3, -0.25) is 9.69 Å². The minimum absolute atomic E-state index is 0.00874. The average Bonchev–Trinajstić information content (AvgIpc) is 3.08. The van der Waals surface area contributed by atoms with E-state index in [1.807, 2.05) is 16.7 Å². The molecule has 0 spiro atoms. The Hall–Kier alpha value is -2.20. The Morgan fingerprint density at radius 1 is 1.43 bits per heavy atom. The zero-order valence-corrected chi connectivity index (χ0v) is 13.6. The summed E-state index contributed by atoms with van der Waals surface area (Å²) in [6.07, 6.45) is 1.67. The van der Waals surface area contributed by atoms with E-state index < -0.39 is 0 Å². The number of amides is 1. The van der Waals surface area contributed by atoms with Gasteiger partial charge in [0.05, 0.1) is 6.54 Å². The van der Waals surface area contributed by atoms with E-state index in [-0.39, 0.29) is 16.6 Å². The zero-order valence-electron chi connectivity index (χ0n) is 12.8. The summed E-state index contributed by atoms with van der Waals surface area (Å²) in [6.45, 7) is 5.47. The van der Waals surface area contributed by atoms with Crippen LogP contribution in [0.15, 0.2) is 11.6 Å². The van der Waals surface area contributed by atoms with Crippen molar-refractivity contribution >= 4 is 33.8 Å². The smallest absolute Gasteiger partial charge is 0.358 e. The summed E-state index contributed by atoms with van der Waals surface area (Å²) in [4.78, 5) is 31.6. The molecule has 10 heteroatoms. The van der Waals surface area contributed by atoms with Crippen LogP contribution in [0.5, 0.6) is 0 Å². The summed E-state index contributed by atoms with van der Waals surface area (Å²) in [5.74, 6) is 0.437. The largest absolute Gasteiger partial charge is 0.373 e. The van der Waals surface area contributed by atoms with Gasteiger partial charge in [0, 0.05) is 38.1 Å². The topological polar surface area (TPSA) is 96.0 Å². The first-order valence-corrected chi connectivity index (χ1v) is 8.32. The Labute approximate surface area is 136 Å². The number of fused-ring (bicyclic) bond motifs is 1. The molecule has 1 saturated heterocycles. The lowest BCUT2D eigenvalue weighted by atomic mass is 10.3. The number of carbonyl (C=O) groups is 1. The maximum atomic E-state index is 11.6. The first-order valence-electron chi connectivity index (χ1n) is 7.44. The molecule has 2 aromatic rings.